The molecule has 140 valence electrons. The first-order valence-electron chi connectivity index (χ1n) is 8.81. The second kappa shape index (κ2) is 9.04. The Morgan fingerprint density at radius 1 is 1.08 bits per heavy atom. The minimum atomic E-state index is -0.332. The van der Waals surface area contributed by atoms with Crippen LogP contribution >= 0.6 is 0 Å². The normalized spacial score (nSPS) is 11.8. The monoisotopic (exact) mass is 347 g/mol. The Labute approximate surface area is 152 Å². The molecule has 1 aromatic rings. The van der Waals surface area contributed by atoms with Crippen molar-refractivity contribution >= 4 is 5.91 Å². The lowest BCUT2D eigenvalue weighted by Crippen LogP contribution is -2.44. The van der Waals surface area contributed by atoms with E-state index in [0.29, 0.717) is 18.8 Å². The van der Waals surface area contributed by atoms with Crippen LogP contribution in [0.15, 0.2) is 35.9 Å². The molecule has 0 saturated carbocycles. The highest BCUT2D eigenvalue weighted by molar-refractivity contribution is 5.94. The molecule has 1 N–H and O–H groups in total. The number of rotatable bonds is 8. The van der Waals surface area contributed by atoms with Crippen LogP contribution in [-0.2, 0) is 4.74 Å². The highest BCUT2D eigenvalue weighted by Gasteiger charge is 2.22. The Morgan fingerprint density at radius 2 is 1.68 bits per heavy atom. The predicted molar refractivity (Wildman–Crippen MR) is 103 cm³/mol. The van der Waals surface area contributed by atoms with E-state index in [1.54, 1.807) is 12.1 Å². The molecule has 1 rings (SSSR count). The van der Waals surface area contributed by atoms with Crippen molar-refractivity contribution in [3.8, 4) is 5.75 Å². The van der Waals surface area contributed by atoms with Gasteiger partial charge >= 0.3 is 0 Å². The van der Waals surface area contributed by atoms with Gasteiger partial charge in [-0.2, -0.15) is 0 Å². The maximum atomic E-state index is 12.4. The summed E-state index contributed by atoms with van der Waals surface area (Å²) in [5.74, 6) is 0.670. The molecule has 0 spiro atoms. The smallest absolute Gasteiger partial charge is 0.251 e. The van der Waals surface area contributed by atoms with Gasteiger partial charge in [-0.25, -0.2) is 0 Å². The Bertz CT molecular complexity index is 576. The first kappa shape index (κ1) is 21.2. The van der Waals surface area contributed by atoms with Crippen LogP contribution < -0.4 is 10.1 Å². The molecule has 0 radical (unpaired) electrons. The molecule has 0 saturated heterocycles. The van der Waals surface area contributed by atoms with Gasteiger partial charge < -0.3 is 14.8 Å². The standard InChI is InChI=1S/C21H33NO3/c1-16(2)12-14-24-18-10-8-17(9-11-18)19(23)22-21(6,7)13-15-25-20(3,4)5/h8-12H,13-15H2,1-7H3,(H,22,23). The molecular formula is C21H33NO3. The quantitative estimate of drug-likeness (QED) is 0.691. The summed E-state index contributed by atoms with van der Waals surface area (Å²) in [6.07, 6.45) is 2.77. The minimum Gasteiger partial charge on any atom is -0.490 e. The highest BCUT2D eigenvalue weighted by Crippen LogP contribution is 2.16. The summed E-state index contributed by atoms with van der Waals surface area (Å²) in [6, 6.07) is 7.22. The van der Waals surface area contributed by atoms with E-state index in [2.05, 4.69) is 5.32 Å². The largest absolute Gasteiger partial charge is 0.490 e. The maximum absolute atomic E-state index is 12.4. The van der Waals surface area contributed by atoms with Crippen LogP contribution in [0.1, 0.15) is 65.2 Å². The van der Waals surface area contributed by atoms with Gasteiger partial charge in [0.25, 0.3) is 5.91 Å². The van der Waals surface area contributed by atoms with Crippen LogP contribution in [0.25, 0.3) is 0 Å². The lowest BCUT2D eigenvalue weighted by Gasteiger charge is -2.28. The molecule has 0 aromatic heterocycles. The van der Waals surface area contributed by atoms with Gasteiger partial charge in [-0.1, -0.05) is 5.57 Å². The van der Waals surface area contributed by atoms with Crippen LogP contribution in [0.4, 0.5) is 0 Å². The lowest BCUT2D eigenvalue weighted by molar-refractivity contribution is -0.0111. The molecule has 0 atom stereocenters. The van der Waals surface area contributed by atoms with Gasteiger partial charge in [-0.05, 0) is 85.2 Å². The summed E-state index contributed by atoms with van der Waals surface area (Å²) in [5, 5.41) is 3.07. The molecule has 0 heterocycles. The molecule has 0 bridgehead atoms. The zero-order chi connectivity index (χ0) is 19.1. The van der Waals surface area contributed by atoms with Crippen molar-refractivity contribution in [1.29, 1.82) is 0 Å². The van der Waals surface area contributed by atoms with Crippen LogP contribution in [-0.4, -0.2) is 30.3 Å². The summed E-state index contributed by atoms with van der Waals surface area (Å²) >= 11 is 0. The highest BCUT2D eigenvalue weighted by atomic mass is 16.5. The molecule has 4 heteroatoms. The van der Waals surface area contributed by atoms with Gasteiger partial charge in [0, 0.05) is 17.7 Å². The third kappa shape index (κ3) is 9.30. The maximum Gasteiger partial charge on any atom is 0.251 e. The van der Waals surface area contributed by atoms with Crippen molar-refractivity contribution in [2.24, 2.45) is 0 Å². The molecular weight excluding hydrogens is 314 g/mol. The predicted octanol–water partition coefficient (Wildman–Crippen LogP) is 4.75. The second-order valence-corrected chi connectivity index (χ2v) is 8.17. The van der Waals surface area contributed by atoms with Gasteiger partial charge in [0.05, 0.1) is 5.60 Å². The van der Waals surface area contributed by atoms with E-state index in [9.17, 15) is 4.79 Å². The van der Waals surface area contributed by atoms with Gasteiger partial charge in [-0.3, -0.25) is 4.79 Å². The Morgan fingerprint density at radius 3 is 2.20 bits per heavy atom. The number of amides is 1. The number of carbonyl (C=O) groups excluding carboxylic acids is 1. The number of benzene rings is 1. The van der Waals surface area contributed by atoms with Crippen molar-refractivity contribution in [1.82, 2.24) is 5.32 Å². The Hall–Kier alpha value is -1.81. The number of hydrogen-bond donors (Lipinski definition) is 1. The second-order valence-electron chi connectivity index (χ2n) is 8.17. The summed E-state index contributed by atoms with van der Waals surface area (Å²) in [6.45, 7) is 15.3. The number of nitrogens with one attached hydrogen (secondary N) is 1. The third-order valence-electron chi connectivity index (χ3n) is 3.57. The van der Waals surface area contributed by atoms with Gasteiger partial charge in [0.1, 0.15) is 12.4 Å². The van der Waals surface area contributed by atoms with Gasteiger partial charge in [-0.15, -0.1) is 0 Å². The molecule has 1 amide bonds. The zero-order valence-corrected chi connectivity index (χ0v) is 16.7. The van der Waals surface area contributed by atoms with E-state index in [1.165, 1.54) is 5.57 Å². The van der Waals surface area contributed by atoms with Crippen LogP contribution in [0.5, 0.6) is 5.75 Å². The SMILES string of the molecule is CC(C)=CCOc1ccc(C(=O)NC(C)(C)CCOC(C)(C)C)cc1. The molecule has 4 nitrogen and oxygen atoms in total. The summed E-state index contributed by atoms with van der Waals surface area (Å²) in [4.78, 5) is 12.4. The van der Waals surface area contributed by atoms with E-state index in [0.717, 1.165) is 12.2 Å². The van der Waals surface area contributed by atoms with Crippen molar-refractivity contribution in [3.63, 3.8) is 0 Å². The number of carbonyl (C=O) groups is 1. The average Bonchev–Trinajstić information content (AvgIpc) is 2.45. The molecule has 0 fully saturated rings. The van der Waals surface area contributed by atoms with E-state index >= 15 is 0 Å². The van der Waals surface area contributed by atoms with E-state index < -0.39 is 0 Å². The van der Waals surface area contributed by atoms with Crippen molar-refractivity contribution in [3.05, 3.63) is 41.5 Å². The van der Waals surface area contributed by atoms with Crippen LogP contribution in [0.3, 0.4) is 0 Å². The van der Waals surface area contributed by atoms with E-state index in [1.807, 2.05) is 66.7 Å². The van der Waals surface area contributed by atoms with E-state index in [-0.39, 0.29) is 17.0 Å². The fraction of sp³-hybridized carbons (Fsp3) is 0.571. The third-order valence-corrected chi connectivity index (χ3v) is 3.57. The molecule has 0 unspecified atom stereocenters. The fourth-order valence-electron chi connectivity index (χ4n) is 2.06. The number of ether oxygens (including phenoxy) is 2. The van der Waals surface area contributed by atoms with Crippen molar-refractivity contribution < 1.29 is 14.3 Å². The van der Waals surface area contributed by atoms with Crippen LogP contribution in [0, 0.1) is 0 Å². The summed E-state index contributed by atoms with van der Waals surface area (Å²) in [7, 11) is 0. The number of hydrogen-bond acceptors (Lipinski definition) is 3. The number of allylic oxidation sites excluding steroid dienone is 1. The Kier molecular flexibility index (Phi) is 7.68. The van der Waals surface area contributed by atoms with Crippen LogP contribution in [0.2, 0.25) is 0 Å². The van der Waals surface area contributed by atoms with Gasteiger partial charge in [0.15, 0.2) is 0 Å². The molecule has 0 aliphatic rings. The van der Waals surface area contributed by atoms with Gasteiger partial charge in [0.2, 0.25) is 0 Å². The van der Waals surface area contributed by atoms with Crippen molar-refractivity contribution in [2.45, 2.75) is 66.0 Å². The fourth-order valence-corrected chi connectivity index (χ4v) is 2.06. The minimum absolute atomic E-state index is 0.0865. The summed E-state index contributed by atoms with van der Waals surface area (Å²) < 4.78 is 11.4. The molecule has 1 aromatic carbocycles. The molecule has 25 heavy (non-hydrogen) atoms. The molecule has 0 aliphatic carbocycles. The average molecular weight is 347 g/mol. The first-order valence-corrected chi connectivity index (χ1v) is 8.81. The Balaban J connectivity index is 2.54. The van der Waals surface area contributed by atoms with E-state index in [4.69, 9.17) is 9.47 Å². The summed E-state index contributed by atoms with van der Waals surface area (Å²) in [5.41, 5.74) is 1.34. The topological polar surface area (TPSA) is 47.6 Å². The molecule has 0 aliphatic heterocycles. The first-order chi connectivity index (χ1) is 11.5. The zero-order valence-electron chi connectivity index (χ0n) is 16.7. The van der Waals surface area contributed by atoms with Crippen molar-refractivity contribution in [2.75, 3.05) is 13.2 Å². The lowest BCUT2D eigenvalue weighted by atomic mass is 10.00.